The first-order valence-corrected chi connectivity index (χ1v) is 9.67. The molecule has 7 nitrogen and oxygen atoms in total. The zero-order chi connectivity index (χ0) is 20.1. The van der Waals surface area contributed by atoms with Gasteiger partial charge in [0, 0.05) is 30.6 Å². The maximum Gasteiger partial charge on any atom is 0.227 e. The van der Waals surface area contributed by atoms with Crippen LogP contribution in [-0.2, 0) is 24.2 Å². The average Bonchev–Trinajstić information content (AvgIpc) is 3.25. The number of hydrogen-bond acceptors (Lipinski definition) is 5. The third-order valence-corrected chi connectivity index (χ3v) is 4.95. The molecule has 0 aliphatic carbocycles. The summed E-state index contributed by atoms with van der Waals surface area (Å²) in [6.07, 6.45) is 1.70. The van der Waals surface area contributed by atoms with E-state index < -0.39 is 0 Å². The fourth-order valence-electron chi connectivity index (χ4n) is 3.36. The van der Waals surface area contributed by atoms with Crippen molar-refractivity contribution in [1.29, 1.82) is 0 Å². The summed E-state index contributed by atoms with van der Waals surface area (Å²) < 4.78 is 7.25. The van der Waals surface area contributed by atoms with E-state index in [1.165, 1.54) is 11.3 Å². The SMILES string of the molecule is CCc1c(C)nn(CCNC(=O)CCc2nc(-c3ccccc3C)no2)c1C. The van der Waals surface area contributed by atoms with Gasteiger partial charge >= 0.3 is 0 Å². The number of nitrogens with zero attached hydrogens (tertiary/aromatic N) is 4. The Morgan fingerprint density at radius 2 is 2.00 bits per heavy atom. The van der Waals surface area contributed by atoms with E-state index in [1.54, 1.807) is 0 Å². The van der Waals surface area contributed by atoms with E-state index >= 15 is 0 Å². The number of hydrogen-bond donors (Lipinski definition) is 1. The molecule has 0 bridgehead atoms. The minimum absolute atomic E-state index is 0.0344. The van der Waals surface area contributed by atoms with Crippen molar-refractivity contribution in [3.8, 4) is 11.4 Å². The third kappa shape index (κ3) is 4.47. The lowest BCUT2D eigenvalue weighted by molar-refractivity contribution is -0.121. The molecule has 0 spiro atoms. The van der Waals surface area contributed by atoms with Crippen molar-refractivity contribution in [2.24, 2.45) is 0 Å². The smallest absolute Gasteiger partial charge is 0.227 e. The summed E-state index contributed by atoms with van der Waals surface area (Å²) in [4.78, 5) is 16.5. The Hall–Kier alpha value is -2.96. The van der Waals surface area contributed by atoms with Gasteiger partial charge in [0.05, 0.1) is 12.2 Å². The van der Waals surface area contributed by atoms with Crippen molar-refractivity contribution in [3.05, 3.63) is 52.7 Å². The van der Waals surface area contributed by atoms with Crippen molar-refractivity contribution >= 4 is 5.91 Å². The van der Waals surface area contributed by atoms with E-state index in [0.29, 0.717) is 37.6 Å². The Kier molecular flexibility index (Phi) is 6.23. The van der Waals surface area contributed by atoms with Crippen LogP contribution in [0, 0.1) is 20.8 Å². The maximum atomic E-state index is 12.1. The van der Waals surface area contributed by atoms with Crippen LogP contribution in [0.2, 0.25) is 0 Å². The zero-order valence-electron chi connectivity index (χ0n) is 17.0. The Bertz CT molecular complexity index is 958. The lowest BCUT2D eigenvalue weighted by atomic mass is 10.1. The van der Waals surface area contributed by atoms with E-state index in [9.17, 15) is 4.79 Å². The first-order chi connectivity index (χ1) is 13.5. The minimum Gasteiger partial charge on any atom is -0.354 e. The van der Waals surface area contributed by atoms with Gasteiger partial charge in [-0.05, 0) is 38.3 Å². The Morgan fingerprint density at radius 1 is 1.21 bits per heavy atom. The number of aromatic nitrogens is 4. The van der Waals surface area contributed by atoms with E-state index in [1.807, 2.05) is 42.8 Å². The molecule has 3 aromatic rings. The monoisotopic (exact) mass is 381 g/mol. The molecule has 148 valence electrons. The van der Waals surface area contributed by atoms with E-state index in [4.69, 9.17) is 4.52 Å². The predicted molar refractivity (Wildman–Crippen MR) is 107 cm³/mol. The molecule has 0 atom stereocenters. The number of rotatable bonds is 8. The van der Waals surface area contributed by atoms with Gasteiger partial charge in [0.2, 0.25) is 17.6 Å². The summed E-state index contributed by atoms with van der Waals surface area (Å²) in [5, 5.41) is 11.5. The highest BCUT2D eigenvalue weighted by Crippen LogP contribution is 2.20. The lowest BCUT2D eigenvalue weighted by Crippen LogP contribution is -2.28. The highest BCUT2D eigenvalue weighted by molar-refractivity contribution is 5.76. The number of aryl methyl sites for hydroxylation is 3. The summed E-state index contributed by atoms with van der Waals surface area (Å²) >= 11 is 0. The molecule has 1 aromatic carbocycles. The van der Waals surface area contributed by atoms with Crippen LogP contribution in [-0.4, -0.2) is 32.4 Å². The van der Waals surface area contributed by atoms with Crippen LogP contribution >= 0.6 is 0 Å². The van der Waals surface area contributed by atoms with Crippen molar-refractivity contribution in [2.45, 2.75) is 53.5 Å². The molecule has 1 N–H and O–H groups in total. The van der Waals surface area contributed by atoms with Gasteiger partial charge in [-0.2, -0.15) is 10.1 Å². The van der Waals surface area contributed by atoms with Gasteiger partial charge < -0.3 is 9.84 Å². The second-order valence-corrected chi connectivity index (χ2v) is 6.90. The standard InChI is InChI=1S/C21H27N5O2/c1-5-17-15(3)24-26(16(17)4)13-12-22-19(27)10-11-20-23-21(25-28-20)18-9-7-6-8-14(18)2/h6-9H,5,10-13H2,1-4H3,(H,22,27). The summed E-state index contributed by atoms with van der Waals surface area (Å²) in [6, 6.07) is 7.88. The molecule has 1 amide bonds. The fraction of sp³-hybridized carbons (Fsp3) is 0.429. The topological polar surface area (TPSA) is 85.8 Å². The van der Waals surface area contributed by atoms with Crippen LogP contribution in [0.15, 0.2) is 28.8 Å². The van der Waals surface area contributed by atoms with Crippen LogP contribution < -0.4 is 5.32 Å². The quantitative estimate of drug-likeness (QED) is 0.648. The molecule has 0 fully saturated rings. The Labute approximate surface area is 165 Å². The molecule has 0 aliphatic rings. The average molecular weight is 381 g/mol. The fourth-order valence-corrected chi connectivity index (χ4v) is 3.36. The summed E-state index contributed by atoms with van der Waals surface area (Å²) in [6.45, 7) is 9.44. The number of benzene rings is 1. The molecule has 7 heteroatoms. The Morgan fingerprint density at radius 3 is 2.71 bits per heavy atom. The van der Waals surface area contributed by atoms with Crippen molar-refractivity contribution in [1.82, 2.24) is 25.2 Å². The zero-order valence-corrected chi connectivity index (χ0v) is 17.0. The maximum absolute atomic E-state index is 12.1. The largest absolute Gasteiger partial charge is 0.354 e. The lowest BCUT2D eigenvalue weighted by Gasteiger charge is -2.07. The number of carbonyl (C=O) groups excluding carboxylic acids is 1. The number of amides is 1. The van der Waals surface area contributed by atoms with Gasteiger partial charge in [0.1, 0.15) is 0 Å². The molecule has 0 radical (unpaired) electrons. The highest BCUT2D eigenvalue weighted by Gasteiger charge is 2.13. The number of carbonyl (C=O) groups is 1. The van der Waals surface area contributed by atoms with Gasteiger partial charge in [0.15, 0.2) is 0 Å². The van der Waals surface area contributed by atoms with Gasteiger partial charge in [0.25, 0.3) is 0 Å². The van der Waals surface area contributed by atoms with Gasteiger partial charge in [-0.1, -0.05) is 36.3 Å². The molecule has 0 unspecified atom stereocenters. The van der Waals surface area contributed by atoms with Gasteiger partial charge in [-0.3, -0.25) is 9.48 Å². The molecule has 0 saturated heterocycles. The molecule has 28 heavy (non-hydrogen) atoms. The second kappa shape index (κ2) is 8.82. The molecule has 2 aromatic heterocycles. The molecule has 3 rings (SSSR count). The minimum atomic E-state index is -0.0344. The van der Waals surface area contributed by atoms with Crippen LogP contribution in [0.5, 0.6) is 0 Å². The number of nitrogens with one attached hydrogen (secondary N) is 1. The van der Waals surface area contributed by atoms with E-state index in [2.05, 4.69) is 34.4 Å². The van der Waals surface area contributed by atoms with Crippen LogP contribution in [0.4, 0.5) is 0 Å². The van der Waals surface area contributed by atoms with Crippen molar-refractivity contribution in [3.63, 3.8) is 0 Å². The van der Waals surface area contributed by atoms with E-state index in [0.717, 1.165) is 23.2 Å². The first kappa shape index (κ1) is 19.8. The van der Waals surface area contributed by atoms with Crippen LogP contribution in [0.3, 0.4) is 0 Å². The molecule has 0 aliphatic heterocycles. The molecule has 2 heterocycles. The van der Waals surface area contributed by atoms with Crippen LogP contribution in [0.25, 0.3) is 11.4 Å². The molecular weight excluding hydrogens is 354 g/mol. The Balaban J connectivity index is 1.47. The normalized spacial score (nSPS) is 11.0. The van der Waals surface area contributed by atoms with Crippen LogP contribution in [0.1, 0.15) is 41.8 Å². The first-order valence-electron chi connectivity index (χ1n) is 9.67. The van der Waals surface area contributed by atoms with Gasteiger partial charge in [-0.25, -0.2) is 0 Å². The molecule has 0 saturated carbocycles. The molecular formula is C21H27N5O2. The highest BCUT2D eigenvalue weighted by atomic mass is 16.5. The predicted octanol–water partition coefficient (Wildman–Crippen LogP) is 3.17. The third-order valence-electron chi connectivity index (χ3n) is 4.95. The summed E-state index contributed by atoms with van der Waals surface area (Å²) in [5.41, 5.74) is 5.55. The second-order valence-electron chi connectivity index (χ2n) is 6.90. The summed E-state index contributed by atoms with van der Waals surface area (Å²) in [5.74, 6) is 0.997. The van der Waals surface area contributed by atoms with Crippen molar-refractivity contribution in [2.75, 3.05) is 6.54 Å². The van der Waals surface area contributed by atoms with E-state index in [-0.39, 0.29) is 5.91 Å². The summed E-state index contributed by atoms with van der Waals surface area (Å²) in [7, 11) is 0. The van der Waals surface area contributed by atoms with Crippen molar-refractivity contribution < 1.29 is 9.32 Å². The van der Waals surface area contributed by atoms with Gasteiger partial charge in [-0.15, -0.1) is 0 Å².